The number of methoxy groups -OCH3 is 2. The molecule has 2 N–H and O–H groups in total. The predicted octanol–water partition coefficient (Wildman–Crippen LogP) is 3.96. The van der Waals surface area contributed by atoms with Gasteiger partial charge in [0.05, 0.1) is 37.5 Å². The number of hydrogen-bond acceptors (Lipinski definition) is 4. The molecule has 0 saturated heterocycles. The number of ether oxygens (including phenoxy) is 2. The smallest absolute Gasteiger partial charge is 0.239 e. The van der Waals surface area contributed by atoms with Gasteiger partial charge in [-0.1, -0.05) is 35.9 Å². The maximum atomic E-state index is 12.4. The molecule has 0 bridgehead atoms. The van der Waals surface area contributed by atoms with Crippen LogP contribution in [-0.2, 0) is 11.2 Å². The second-order valence-electron chi connectivity index (χ2n) is 6.25. The Hall–Kier alpha value is -2.40. The molecule has 138 valence electrons. The van der Waals surface area contributed by atoms with E-state index in [-0.39, 0.29) is 18.5 Å². The molecule has 26 heavy (non-hydrogen) atoms. The Balaban J connectivity index is 1.63. The quantitative estimate of drug-likeness (QED) is 0.803. The summed E-state index contributed by atoms with van der Waals surface area (Å²) in [4.78, 5) is 12.4. The molecule has 6 heteroatoms. The maximum absolute atomic E-state index is 12.4. The topological polar surface area (TPSA) is 59.6 Å². The van der Waals surface area contributed by atoms with Crippen LogP contribution in [0.4, 0.5) is 5.69 Å². The van der Waals surface area contributed by atoms with Crippen LogP contribution in [0.2, 0.25) is 5.02 Å². The lowest BCUT2D eigenvalue weighted by Crippen LogP contribution is -2.35. The zero-order chi connectivity index (χ0) is 18.5. The highest BCUT2D eigenvalue weighted by Crippen LogP contribution is 2.36. The average molecular weight is 375 g/mol. The van der Waals surface area contributed by atoms with Crippen molar-refractivity contribution in [3.05, 3.63) is 52.5 Å². The van der Waals surface area contributed by atoms with Crippen LogP contribution in [-0.4, -0.2) is 26.7 Å². The summed E-state index contributed by atoms with van der Waals surface area (Å²) in [5.74, 6) is 1.03. The van der Waals surface area contributed by atoms with Crippen molar-refractivity contribution >= 4 is 23.2 Å². The average Bonchev–Trinajstić information content (AvgIpc) is 2.67. The molecule has 2 aromatic carbocycles. The Morgan fingerprint density at radius 1 is 1.19 bits per heavy atom. The number of benzene rings is 2. The third-order valence-electron chi connectivity index (χ3n) is 4.62. The third-order valence-corrected chi connectivity index (χ3v) is 4.93. The molecule has 0 radical (unpaired) electrons. The van der Waals surface area contributed by atoms with Gasteiger partial charge in [-0.05, 0) is 30.4 Å². The number of rotatable bonds is 6. The Morgan fingerprint density at radius 3 is 2.69 bits per heavy atom. The van der Waals surface area contributed by atoms with Crippen molar-refractivity contribution in [2.45, 2.75) is 25.3 Å². The highest BCUT2D eigenvalue weighted by Gasteiger charge is 2.21. The maximum Gasteiger partial charge on any atom is 0.239 e. The highest BCUT2D eigenvalue weighted by molar-refractivity contribution is 6.33. The predicted molar refractivity (Wildman–Crippen MR) is 103 cm³/mol. The van der Waals surface area contributed by atoms with Gasteiger partial charge in [-0.25, -0.2) is 0 Å². The minimum atomic E-state index is -0.0717. The van der Waals surface area contributed by atoms with Gasteiger partial charge in [-0.15, -0.1) is 0 Å². The molecular weight excluding hydrogens is 352 g/mol. The van der Waals surface area contributed by atoms with Crippen molar-refractivity contribution in [2.75, 3.05) is 26.1 Å². The summed E-state index contributed by atoms with van der Waals surface area (Å²) < 4.78 is 10.5. The van der Waals surface area contributed by atoms with Gasteiger partial charge >= 0.3 is 0 Å². The molecule has 1 unspecified atom stereocenters. The van der Waals surface area contributed by atoms with Crippen LogP contribution in [0.3, 0.4) is 0 Å². The summed E-state index contributed by atoms with van der Waals surface area (Å²) in [6.45, 7) is 0.133. The second-order valence-corrected chi connectivity index (χ2v) is 6.66. The van der Waals surface area contributed by atoms with Gasteiger partial charge in [0.2, 0.25) is 5.91 Å². The summed E-state index contributed by atoms with van der Waals surface area (Å²) in [6.07, 6.45) is 3.11. The van der Waals surface area contributed by atoms with Crippen LogP contribution >= 0.6 is 11.6 Å². The lowest BCUT2D eigenvalue weighted by molar-refractivity contribution is -0.120. The Bertz CT molecular complexity index is 795. The van der Waals surface area contributed by atoms with Crippen LogP contribution in [0.1, 0.15) is 30.0 Å². The van der Waals surface area contributed by atoms with E-state index in [1.54, 1.807) is 26.4 Å². The van der Waals surface area contributed by atoms with E-state index < -0.39 is 0 Å². The van der Waals surface area contributed by atoms with E-state index >= 15 is 0 Å². The first-order valence-electron chi connectivity index (χ1n) is 8.65. The summed E-state index contributed by atoms with van der Waals surface area (Å²) in [6, 6.07) is 11.7. The Morgan fingerprint density at radius 2 is 1.92 bits per heavy atom. The molecule has 0 fully saturated rings. The lowest BCUT2D eigenvalue weighted by atomic mass is 9.88. The number of anilines is 1. The molecule has 5 nitrogen and oxygen atoms in total. The fraction of sp³-hybridized carbons (Fsp3) is 0.350. The lowest BCUT2D eigenvalue weighted by Gasteiger charge is -2.26. The first-order chi connectivity index (χ1) is 12.6. The number of fused-ring (bicyclic) bond motifs is 1. The standard InChI is InChI=1S/C20H23ClN2O3/c1-25-18-10-15(21)17(11-19(18)26-2)22-12-20(24)23-16-9-5-7-13-6-3-4-8-14(13)16/h3-4,6,8,10-11,16,22H,5,7,9,12H2,1-2H3,(H,23,24). The molecule has 3 rings (SSSR count). The minimum absolute atomic E-state index is 0.0649. The largest absolute Gasteiger partial charge is 0.493 e. The number of aryl methyl sites for hydroxylation is 1. The number of carbonyl (C=O) groups excluding carboxylic acids is 1. The molecule has 0 spiro atoms. The van der Waals surface area contributed by atoms with Gasteiger partial charge in [0.15, 0.2) is 11.5 Å². The Labute approximate surface area is 158 Å². The van der Waals surface area contributed by atoms with E-state index in [2.05, 4.69) is 22.8 Å². The number of nitrogens with one attached hydrogen (secondary N) is 2. The van der Waals surface area contributed by atoms with Gasteiger partial charge in [-0.3, -0.25) is 4.79 Å². The van der Waals surface area contributed by atoms with Crippen molar-refractivity contribution in [1.82, 2.24) is 5.32 Å². The molecular formula is C20H23ClN2O3. The summed E-state index contributed by atoms with van der Waals surface area (Å²) in [5, 5.41) is 6.66. The van der Waals surface area contributed by atoms with Gasteiger partial charge in [0, 0.05) is 12.1 Å². The first kappa shape index (κ1) is 18.4. The van der Waals surface area contributed by atoms with E-state index in [9.17, 15) is 4.79 Å². The van der Waals surface area contributed by atoms with Crippen molar-refractivity contribution in [3.8, 4) is 11.5 Å². The molecule has 1 aliphatic rings. The molecule has 2 aromatic rings. The van der Waals surface area contributed by atoms with Crippen LogP contribution in [0.15, 0.2) is 36.4 Å². The van der Waals surface area contributed by atoms with Crippen LogP contribution in [0.5, 0.6) is 11.5 Å². The number of amides is 1. The van der Waals surface area contributed by atoms with Gasteiger partial charge < -0.3 is 20.1 Å². The van der Waals surface area contributed by atoms with E-state index in [4.69, 9.17) is 21.1 Å². The van der Waals surface area contributed by atoms with Gasteiger partial charge in [0.25, 0.3) is 0 Å². The molecule has 0 saturated carbocycles. The number of hydrogen-bond donors (Lipinski definition) is 2. The summed E-state index contributed by atoms with van der Waals surface area (Å²) in [7, 11) is 3.11. The normalized spacial score (nSPS) is 15.7. The molecule has 0 aliphatic heterocycles. The van der Waals surface area contributed by atoms with Gasteiger partial charge in [-0.2, -0.15) is 0 Å². The summed E-state index contributed by atoms with van der Waals surface area (Å²) >= 11 is 6.25. The van der Waals surface area contributed by atoms with Crippen LogP contribution in [0.25, 0.3) is 0 Å². The second kappa shape index (κ2) is 8.32. The van der Waals surface area contributed by atoms with Crippen LogP contribution in [0, 0.1) is 0 Å². The van der Waals surface area contributed by atoms with E-state index in [1.807, 2.05) is 12.1 Å². The zero-order valence-corrected chi connectivity index (χ0v) is 15.7. The van der Waals surface area contributed by atoms with Crippen molar-refractivity contribution in [2.24, 2.45) is 0 Å². The summed E-state index contributed by atoms with van der Waals surface area (Å²) in [5.41, 5.74) is 3.17. The first-order valence-corrected chi connectivity index (χ1v) is 9.02. The SMILES string of the molecule is COc1cc(Cl)c(NCC(=O)NC2CCCc3ccccc32)cc1OC. The van der Waals surface area contributed by atoms with E-state index in [1.165, 1.54) is 11.1 Å². The third kappa shape index (κ3) is 4.05. The Kier molecular flexibility index (Phi) is 5.89. The fourth-order valence-corrected chi connectivity index (χ4v) is 3.53. The molecule has 1 atom stereocenters. The fourth-order valence-electron chi connectivity index (χ4n) is 3.31. The van der Waals surface area contributed by atoms with Crippen molar-refractivity contribution in [3.63, 3.8) is 0 Å². The highest BCUT2D eigenvalue weighted by atomic mass is 35.5. The number of halogens is 1. The minimum Gasteiger partial charge on any atom is -0.493 e. The van der Waals surface area contributed by atoms with Crippen LogP contribution < -0.4 is 20.1 Å². The molecule has 0 heterocycles. The van der Waals surface area contributed by atoms with Crippen molar-refractivity contribution < 1.29 is 14.3 Å². The van der Waals surface area contributed by atoms with Gasteiger partial charge in [0.1, 0.15) is 0 Å². The van der Waals surface area contributed by atoms with E-state index in [0.29, 0.717) is 22.2 Å². The molecule has 1 aliphatic carbocycles. The number of carbonyl (C=O) groups is 1. The van der Waals surface area contributed by atoms with E-state index in [0.717, 1.165) is 19.3 Å². The monoisotopic (exact) mass is 374 g/mol. The molecule has 0 aromatic heterocycles. The zero-order valence-electron chi connectivity index (χ0n) is 15.0. The molecule has 1 amide bonds. The van der Waals surface area contributed by atoms with Crippen molar-refractivity contribution in [1.29, 1.82) is 0 Å².